The Balaban J connectivity index is 1.65. The Kier molecular flexibility index (Phi) is 5.81. The Labute approximate surface area is 185 Å². The fraction of sp³-hybridized carbons (Fsp3) is 0.455. The van der Waals surface area contributed by atoms with Crippen LogP contribution < -0.4 is 10.2 Å². The van der Waals surface area contributed by atoms with Gasteiger partial charge in [-0.05, 0) is 52.3 Å². The van der Waals surface area contributed by atoms with E-state index in [0.29, 0.717) is 24.4 Å². The molecule has 3 aromatic heterocycles. The van der Waals surface area contributed by atoms with Gasteiger partial charge in [0, 0.05) is 24.5 Å². The molecule has 0 aromatic carbocycles. The normalized spacial score (nSPS) is 15.8. The van der Waals surface area contributed by atoms with E-state index in [1.165, 1.54) is 6.26 Å². The van der Waals surface area contributed by atoms with Gasteiger partial charge < -0.3 is 19.5 Å². The number of carbonyl (C=O) groups is 1. The van der Waals surface area contributed by atoms with E-state index in [-0.39, 0.29) is 11.5 Å². The number of anilines is 1. The lowest BCUT2D eigenvalue weighted by atomic mass is 10.1. The molecule has 4 rings (SSSR count). The monoisotopic (exact) mass is 441 g/mol. The third-order valence-corrected chi connectivity index (χ3v) is 6.34. The summed E-state index contributed by atoms with van der Waals surface area (Å²) >= 11 is 1.64. The number of amides is 1. The topological polar surface area (TPSA) is 93.4 Å². The summed E-state index contributed by atoms with van der Waals surface area (Å²) < 4.78 is 10.7. The number of nitrogens with zero attached hydrogens (tertiary/aromatic N) is 4. The van der Waals surface area contributed by atoms with Gasteiger partial charge >= 0.3 is 0 Å². The third-order valence-electron chi connectivity index (χ3n) is 5.14. The lowest BCUT2D eigenvalue weighted by Gasteiger charge is -2.38. The molecule has 0 atom stereocenters. The third kappa shape index (κ3) is 4.77. The van der Waals surface area contributed by atoms with E-state index in [9.17, 15) is 4.79 Å². The first-order chi connectivity index (χ1) is 14.7. The second kappa shape index (κ2) is 8.39. The van der Waals surface area contributed by atoms with Gasteiger partial charge in [-0.2, -0.15) is 0 Å². The fourth-order valence-corrected chi connectivity index (χ4v) is 4.83. The fourth-order valence-electron chi connectivity index (χ4n) is 3.73. The number of hydrogen-bond acceptors (Lipinski definition) is 8. The molecule has 4 heterocycles. The molecule has 31 heavy (non-hydrogen) atoms. The van der Waals surface area contributed by atoms with Gasteiger partial charge in [-0.15, -0.1) is 0 Å². The number of ether oxygens (including phenoxy) is 1. The van der Waals surface area contributed by atoms with Crippen LogP contribution >= 0.6 is 11.3 Å². The molecule has 164 valence electrons. The minimum Gasteiger partial charge on any atom is -0.372 e. The molecule has 1 N–H and O–H groups in total. The number of nitrogens with one attached hydrogen (secondary N) is 1. The average molecular weight is 442 g/mol. The molecular weight excluding hydrogens is 414 g/mol. The van der Waals surface area contributed by atoms with Gasteiger partial charge in [0.25, 0.3) is 5.91 Å². The highest BCUT2D eigenvalue weighted by molar-refractivity contribution is 7.19. The number of rotatable bonds is 5. The summed E-state index contributed by atoms with van der Waals surface area (Å²) in [6.07, 6.45) is 1.36. The van der Waals surface area contributed by atoms with Gasteiger partial charge in [0.15, 0.2) is 5.13 Å². The van der Waals surface area contributed by atoms with Gasteiger partial charge in [-0.1, -0.05) is 16.5 Å². The minimum atomic E-state index is -0.228. The number of thiazole rings is 1. The Morgan fingerprint density at radius 1 is 1.23 bits per heavy atom. The summed E-state index contributed by atoms with van der Waals surface area (Å²) in [5.74, 6) is -0.228. The molecule has 0 radical (unpaired) electrons. The van der Waals surface area contributed by atoms with Gasteiger partial charge in [-0.3, -0.25) is 9.78 Å². The number of carbonyl (C=O) groups excluding carboxylic acids is 1. The predicted molar refractivity (Wildman–Crippen MR) is 119 cm³/mol. The van der Waals surface area contributed by atoms with E-state index in [2.05, 4.69) is 46.3 Å². The Morgan fingerprint density at radius 2 is 1.97 bits per heavy atom. The van der Waals surface area contributed by atoms with Crippen molar-refractivity contribution in [3.05, 3.63) is 46.7 Å². The molecule has 1 amide bonds. The molecule has 0 bridgehead atoms. The summed E-state index contributed by atoms with van der Waals surface area (Å²) in [6.45, 7) is 12.4. The quantitative estimate of drug-likeness (QED) is 0.646. The highest BCUT2D eigenvalue weighted by atomic mass is 32.1. The molecule has 8 nitrogen and oxygen atoms in total. The zero-order valence-electron chi connectivity index (χ0n) is 18.5. The van der Waals surface area contributed by atoms with Gasteiger partial charge in [-0.25, -0.2) is 4.98 Å². The van der Waals surface area contributed by atoms with Crippen molar-refractivity contribution < 1.29 is 14.1 Å². The Morgan fingerprint density at radius 3 is 2.61 bits per heavy atom. The van der Waals surface area contributed by atoms with Crippen LogP contribution in [0.25, 0.3) is 10.4 Å². The second-order valence-corrected chi connectivity index (χ2v) is 9.41. The van der Waals surface area contributed by atoms with Crippen molar-refractivity contribution in [1.29, 1.82) is 0 Å². The molecule has 1 aliphatic heterocycles. The number of pyridine rings is 1. The summed E-state index contributed by atoms with van der Waals surface area (Å²) in [5.41, 5.74) is 4.56. The molecule has 1 saturated heterocycles. The first-order valence-corrected chi connectivity index (χ1v) is 11.1. The zero-order chi connectivity index (χ0) is 22.2. The maximum Gasteiger partial charge on any atom is 0.256 e. The lowest BCUT2D eigenvalue weighted by Crippen LogP contribution is -2.48. The van der Waals surface area contributed by atoms with Crippen LogP contribution in [0.1, 0.15) is 47.0 Å². The summed E-state index contributed by atoms with van der Waals surface area (Å²) in [7, 11) is 0. The largest absolute Gasteiger partial charge is 0.372 e. The smallest absolute Gasteiger partial charge is 0.256 e. The van der Waals surface area contributed by atoms with Crippen molar-refractivity contribution in [3.8, 4) is 10.4 Å². The predicted octanol–water partition coefficient (Wildman–Crippen LogP) is 3.66. The van der Waals surface area contributed by atoms with Crippen LogP contribution in [-0.4, -0.2) is 46.3 Å². The lowest BCUT2D eigenvalue weighted by molar-refractivity contribution is -0.0277. The van der Waals surface area contributed by atoms with Gasteiger partial charge in [0.2, 0.25) is 0 Å². The van der Waals surface area contributed by atoms with Crippen LogP contribution in [0, 0.1) is 20.8 Å². The molecular formula is C22H27N5O3S. The van der Waals surface area contributed by atoms with Crippen LogP contribution in [0.4, 0.5) is 5.13 Å². The first kappa shape index (κ1) is 21.5. The number of aromatic nitrogens is 3. The van der Waals surface area contributed by atoms with Crippen molar-refractivity contribution in [2.75, 3.05) is 24.6 Å². The van der Waals surface area contributed by atoms with Gasteiger partial charge in [0.05, 0.1) is 35.0 Å². The summed E-state index contributed by atoms with van der Waals surface area (Å²) in [4.78, 5) is 25.3. The molecule has 0 unspecified atom stereocenters. The molecule has 1 aliphatic rings. The van der Waals surface area contributed by atoms with Crippen molar-refractivity contribution in [2.24, 2.45) is 0 Å². The summed E-state index contributed by atoms with van der Waals surface area (Å²) in [5, 5.41) is 7.68. The van der Waals surface area contributed by atoms with Crippen molar-refractivity contribution >= 4 is 22.4 Å². The van der Waals surface area contributed by atoms with E-state index in [1.807, 2.05) is 13.8 Å². The molecule has 3 aromatic rings. The van der Waals surface area contributed by atoms with E-state index >= 15 is 0 Å². The first-order valence-electron chi connectivity index (χ1n) is 10.3. The highest BCUT2D eigenvalue weighted by Crippen LogP contribution is 2.37. The SMILES string of the molecule is Cc1cc(-c2sc(N3CCOC(C)(C)C3)nc2CNC(=O)c2conc2C)cc(C)n1. The molecule has 1 fully saturated rings. The van der Waals surface area contributed by atoms with Crippen LogP contribution in [0.3, 0.4) is 0 Å². The van der Waals surface area contributed by atoms with E-state index in [0.717, 1.165) is 45.7 Å². The average Bonchev–Trinajstić information content (AvgIpc) is 3.31. The maximum absolute atomic E-state index is 12.6. The van der Waals surface area contributed by atoms with Crippen molar-refractivity contribution in [2.45, 2.75) is 46.8 Å². The summed E-state index contributed by atoms with van der Waals surface area (Å²) in [6, 6.07) is 4.12. The molecule has 0 aliphatic carbocycles. The molecule has 9 heteroatoms. The minimum absolute atomic E-state index is 0.228. The van der Waals surface area contributed by atoms with E-state index in [4.69, 9.17) is 14.2 Å². The van der Waals surface area contributed by atoms with Crippen molar-refractivity contribution in [3.63, 3.8) is 0 Å². The van der Waals surface area contributed by atoms with Crippen LogP contribution in [-0.2, 0) is 11.3 Å². The zero-order valence-corrected chi connectivity index (χ0v) is 19.3. The number of morpholine rings is 1. The Bertz CT molecular complexity index is 1080. The molecule has 0 saturated carbocycles. The van der Waals surface area contributed by atoms with Gasteiger partial charge in [0.1, 0.15) is 11.8 Å². The van der Waals surface area contributed by atoms with Crippen LogP contribution in [0.5, 0.6) is 0 Å². The van der Waals surface area contributed by atoms with E-state index in [1.54, 1.807) is 18.3 Å². The highest BCUT2D eigenvalue weighted by Gasteiger charge is 2.30. The van der Waals surface area contributed by atoms with Crippen LogP contribution in [0.15, 0.2) is 22.9 Å². The van der Waals surface area contributed by atoms with Crippen LogP contribution in [0.2, 0.25) is 0 Å². The molecule has 0 spiro atoms. The number of aryl methyl sites for hydroxylation is 3. The second-order valence-electron chi connectivity index (χ2n) is 8.44. The standard InChI is InChI=1S/C22H27N5O3S/c1-13-8-16(9-14(2)24-13)19-18(10-23-20(28)17-11-30-26-15(17)3)25-21(31-19)27-6-7-29-22(4,5)12-27/h8-9,11H,6-7,10,12H2,1-5H3,(H,23,28). The van der Waals surface area contributed by atoms with Crippen molar-refractivity contribution in [1.82, 2.24) is 20.4 Å². The number of hydrogen-bond donors (Lipinski definition) is 1. The van der Waals surface area contributed by atoms with E-state index < -0.39 is 0 Å². The Hall–Kier alpha value is -2.78. The maximum atomic E-state index is 12.6.